The Morgan fingerprint density at radius 3 is 2.63 bits per heavy atom. The first-order valence-corrected chi connectivity index (χ1v) is 10.5. The number of rotatable bonds is 7. The van der Waals surface area contributed by atoms with Gasteiger partial charge in [0.25, 0.3) is 5.78 Å². The molecule has 1 aromatic rings. The number of hydrogen-bond donors (Lipinski definition) is 1. The first kappa shape index (κ1) is 21.3. The number of esters is 1. The minimum atomic E-state index is -3.94. The summed E-state index contributed by atoms with van der Waals surface area (Å²) in [7, 11) is -3.94. The fourth-order valence-electron chi connectivity index (χ4n) is 2.41. The van der Waals surface area contributed by atoms with Gasteiger partial charge in [-0.15, -0.1) is 0 Å². The third-order valence-electron chi connectivity index (χ3n) is 3.66. The molecule has 0 bridgehead atoms. The van der Waals surface area contributed by atoms with Gasteiger partial charge in [0.05, 0.1) is 5.75 Å². The van der Waals surface area contributed by atoms with Gasteiger partial charge in [0.1, 0.15) is 0 Å². The predicted octanol–water partition coefficient (Wildman–Crippen LogP) is 2.22. The number of nitrogens with one attached hydrogen (secondary N) is 1. The lowest BCUT2D eigenvalue weighted by atomic mass is 9.91. The van der Waals surface area contributed by atoms with Gasteiger partial charge < -0.3 is 9.47 Å². The second kappa shape index (κ2) is 7.93. The highest BCUT2D eigenvalue weighted by Crippen LogP contribution is 2.40. The van der Waals surface area contributed by atoms with Crippen LogP contribution in [0, 0.1) is 11.6 Å². The molecule has 1 aliphatic rings. The van der Waals surface area contributed by atoms with E-state index in [1.807, 2.05) is 4.72 Å². The van der Waals surface area contributed by atoms with E-state index < -0.39 is 56.2 Å². The lowest BCUT2D eigenvalue weighted by Gasteiger charge is -2.24. The molecule has 1 aromatic carbocycles. The maximum Gasteiger partial charge on any atom is 0.308 e. The summed E-state index contributed by atoms with van der Waals surface area (Å²) in [6.07, 6.45) is 0.259. The van der Waals surface area contributed by atoms with Crippen LogP contribution in [0.3, 0.4) is 0 Å². The summed E-state index contributed by atoms with van der Waals surface area (Å²) in [5.41, 5.74) is -2.59. The van der Waals surface area contributed by atoms with Crippen LogP contribution in [-0.4, -0.2) is 31.3 Å². The molecule has 1 atom stereocenters. The molecule has 2 rings (SSSR count). The van der Waals surface area contributed by atoms with Gasteiger partial charge in [0, 0.05) is 17.8 Å². The van der Waals surface area contributed by atoms with E-state index in [1.165, 1.54) is 6.07 Å². The van der Waals surface area contributed by atoms with Crippen molar-refractivity contribution in [1.82, 2.24) is 4.72 Å². The smallest absolute Gasteiger partial charge is 0.308 e. The summed E-state index contributed by atoms with van der Waals surface area (Å²) in [6.45, 7) is 2.12. The van der Waals surface area contributed by atoms with E-state index in [-0.39, 0.29) is 12.2 Å². The Balaban J connectivity index is 2.47. The van der Waals surface area contributed by atoms with Crippen LogP contribution in [0.2, 0.25) is 0 Å². The Morgan fingerprint density at radius 2 is 2.04 bits per heavy atom. The molecule has 0 spiro atoms. The van der Waals surface area contributed by atoms with E-state index in [0.717, 1.165) is 26.0 Å². The first-order chi connectivity index (χ1) is 12.5. The number of ketones is 1. The van der Waals surface area contributed by atoms with Crippen LogP contribution < -0.4 is 4.72 Å². The lowest BCUT2D eigenvalue weighted by Crippen LogP contribution is -2.34. The summed E-state index contributed by atoms with van der Waals surface area (Å²) in [5, 5.41) is 0.412. The second-order valence-electron chi connectivity index (χ2n) is 5.78. The molecule has 0 aromatic heterocycles. The maximum absolute atomic E-state index is 14.2. The van der Waals surface area contributed by atoms with Crippen molar-refractivity contribution in [1.29, 1.82) is 0 Å². The molecule has 27 heavy (non-hydrogen) atoms. The third kappa shape index (κ3) is 4.46. The Bertz CT molecular complexity index is 917. The Kier molecular flexibility index (Phi) is 6.25. The van der Waals surface area contributed by atoms with Gasteiger partial charge in [-0.2, -0.15) is 0 Å². The minimum Gasteiger partial charge on any atom is -0.456 e. The van der Waals surface area contributed by atoms with Crippen LogP contribution in [0.25, 0.3) is 0 Å². The van der Waals surface area contributed by atoms with E-state index in [2.05, 4.69) is 15.9 Å². The number of ether oxygens (including phenoxy) is 2. The van der Waals surface area contributed by atoms with Gasteiger partial charge in [0.2, 0.25) is 27.3 Å². The highest BCUT2D eigenvalue weighted by atomic mass is 79.9. The summed E-state index contributed by atoms with van der Waals surface area (Å²) >= 11 is 3.10. The Morgan fingerprint density at radius 1 is 1.37 bits per heavy atom. The summed E-state index contributed by atoms with van der Waals surface area (Å²) in [6, 6.07) is 3.13. The van der Waals surface area contributed by atoms with Crippen LogP contribution in [-0.2, 0) is 34.7 Å². The normalized spacial score (nSPS) is 19.8. The number of carbonyl (C=O) groups is 2. The topological polar surface area (TPSA) is 98.8 Å². The molecule has 7 nitrogen and oxygen atoms in total. The van der Waals surface area contributed by atoms with E-state index in [4.69, 9.17) is 9.47 Å². The molecule has 148 valence electrons. The van der Waals surface area contributed by atoms with Gasteiger partial charge in [0.15, 0.2) is 11.6 Å². The van der Waals surface area contributed by atoms with Crippen molar-refractivity contribution in [3.05, 3.63) is 47.0 Å². The van der Waals surface area contributed by atoms with Crippen molar-refractivity contribution < 1.29 is 36.3 Å². The Hall–Kier alpha value is -2.01. The summed E-state index contributed by atoms with van der Waals surface area (Å²) < 4.78 is 64.2. The number of carbonyl (C=O) groups excluding carboxylic acids is 2. The lowest BCUT2D eigenvalue weighted by molar-refractivity contribution is -0.142. The molecular formula is C16H16BrF2NO6S. The van der Waals surface area contributed by atoms with Gasteiger partial charge in [-0.05, 0) is 19.4 Å². The first-order valence-electron chi connectivity index (χ1n) is 7.69. The molecule has 11 heteroatoms. The molecule has 1 aliphatic heterocycles. The van der Waals surface area contributed by atoms with Crippen LogP contribution >= 0.6 is 15.9 Å². The van der Waals surface area contributed by atoms with Crippen molar-refractivity contribution in [3.63, 3.8) is 0 Å². The SMILES string of the molecule is CC(=O)OC1=C(NS(=O)(=O)CCCBr)OC(C)(c2cccc(F)c2F)C1=O. The third-order valence-corrected chi connectivity index (χ3v) is 5.54. The summed E-state index contributed by atoms with van der Waals surface area (Å²) in [4.78, 5) is 24.1. The number of alkyl halides is 1. The molecule has 0 amide bonds. The average Bonchev–Trinajstić information content (AvgIpc) is 2.79. The highest BCUT2D eigenvalue weighted by molar-refractivity contribution is 9.09. The van der Waals surface area contributed by atoms with Gasteiger partial charge >= 0.3 is 5.97 Å². The van der Waals surface area contributed by atoms with Gasteiger partial charge in [-0.1, -0.05) is 28.1 Å². The number of benzene rings is 1. The average molecular weight is 468 g/mol. The molecule has 0 fully saturated rings. The van der Waals surface area contributed by atoms with Crippen LogP contribution in [0.1, 0.15) is 25.8 Å². The van der Waals surface area contributed by atoms with Crippen molar-refractivity contribution in [3.8, 4) is 0 Å². The molecule has 1 unspecified atom stereocenters. The monoisotopic (exact) mass is 467 g/mol. The molecule has 1 heterocycles. The zero-order valence-corrected chi connectivity index (χ0v) is 16.7. The van der Waals surface area contributed by atoms with Crippen LogP contribution in [0.4, 0.5) is 8.78 Å². The standard InChI is InChI=1S/C16H16BrF2NO6S/c1-9(21)25-13-14(22)16(2,10-5-3-6-11(18)12(10)19)26-15(13)20-27(23,24)8-4-7-17/h3,5-6,20H,4,7-8H2,1-2H3. The van der Waals surface area contributed by atoms with Gasteiger partial charge in [-0.25, -0.2) is 17.2 Å². The molecule has 1 N–H and O–H groups in total. The number of halogens is 3. The van der Waals surface area contributed by atoms with E-state index >= 15 is 0 Å². The summed E-state index contributed by atoms with van der Waals surface area (Å²) in [5.74, 6) is -6.18. The fourth-order valence-corrected chi connectivity index (χ4v) is 4.10. The van der Waals surface area contributed by atoms with Gasteiger partial charge in [-0.3, -0.25) is 14.3 Å². The van der Waals surface area contributed by atoms with Crippen LogP contribution in [0.15, 0.2) is 29.8 Å². The predicted molar refractivity (Wildman–Crippen MR) is 93.9 cm³/mol. The largest absolute Gasteiger partial charge is 0.456 e. The molecule has 0 radical (unpaired) electrons. The van der Waals surface area contributed by atoms with E-state index in [1.54, 1.807) is 0 Å². The number of hydrogen-bond acceptors (Lipinski definition) is 6. The quantitative estimate of drug-likeness (QED) is 0.487. The van der Waals surface area contributed by atoms with E-state index in [0.29, 0.717) is 5.33 Å². The molecular weight excluding hydrogens is 452 g/mol. The van der Waals surface area contributed by atoms with Crippen molar-refractivity contribution in [2.45, 2.75) is 25.9 Å². The molecule has 0 saturated carbocycles. The Labute approximate surface area is 162 Å². The zero-order chi connectivity index (χ0) is 20.4. The number of Topliss-reactive ketones (excluding diaryl/α,β-unsaturated/α-hetero) is 1. The molecule has 0 aliphatic carbocycles. The minimum absolute atomic E-state index is 0.259. The van der Waals surface area contributed by atoms with Crippen molar-refractivity contribution in [2.75, 3.05) is 11.1 Å². The van der Waals surface area contributed by atoms with Crippen molar-refractivity contribution in [2.24, 2.45) is 0 Å². The maximum atomic E-state index is 14.2. The molecule has 0 saturated heterocycles. The van der Waals surface area contributed by atoms with E-state index in [9.17, 15) is 26.8 Å². The second-order valence-corrected chi connectivity index (χ2v) is 8.42. The number of sulfonamides is 1. The fraction of sp³-hybridized carbons (Fsp3) is 0.375. The van der Waals surface area contributed by atoms with Crippen molar-refractivity contribution >= 4 is 37.7 Å². The highest BCUT2D eigenvalue weighted by Gasteiger charge is 2.51. The van der Waals surface area contributed by atoms with Crippen LogP contribution in [0.5, 0.6) is 0 Å². The zero-order valence-electron chi connectivity index (χ0n) is 14.3.